The molecule has 2 heterocycles. The lowest BCUT2D eigenvalue weighted by Crippen LogP contribution is -2.41. The number of nitrogens with one attached hydrogen (secondary N) is 1. The van der Waals surface area contributed by atoms with Crippen molar-refractivity contribution < 1.29 is 14.7 Å². The number of aromatic nitrogens is 2. The van der Waals surface area contributed by atoms with E-state index in [9.17, 15) is 14.7 Å². The fraction of sp³-hybridized carbons (Fsp3) is 0.400. The molecule has 0 saturated carbocycles. The smallest absolute Gasteiger partial charge is 0.326 e. The van der Waals surface area contributed by atoms with Crippen molar-refractivity contribution in [1.29, 1.82) is 0 Å². The summed E-state index contributed by atoms with van der Waals surface area (Å²) in [5.74, 6) is -1.23. The Balaban J connectivity index is 2.17. The second-order valence-electron chi connectivity index (χ2n) is 5.50. The Morgan fingerprint density at radius 3 is 2.55 bits per heavy atom. The van der Waals surface area contributed by atoms with Crippen LogP contribution in [0.1, 0.15) is 35.6 Å². The van der Waals surface area contributed by atoms with Gasteiger partial charge in [0.2, 0.25) is 0 Å². The molecule has 0 saturated heterocycles. The summed E-state index contributed by atoms with van der Waals surface area (Å²) >= 11 is 1.24. The molecule has 2 N–H and O–H groups in total. The van der Waals surface area contributed by atoms with Crippen LogP contribution in [-0.4, -0.2) is 32.6 Å². The van der Waals surface area contributed by atoms with E-state index in [4.69, 9.17) is 0 Å². The van der Waals surface area contributed by atoms with Crippen molar-refractivity contribution in [2.24, 2.45) is 5.92 Å². The molecule has 0 bridgehead atoms. The first-order valence-corrected chi connectivity index (χ1v) is 7.84. The van der Waals surface area contributed by atoms with E-state index >= 15 is 0 Å². The first-order chi connectivity index (χ1) is 10.4. The number of aliphatic carboxylic acids is 1. The van der Waals surface area contributed by atoms with Crippen LogP contribution in [0.5, 0.6) is 0 Å². The molecule has 118 valence electrons. The van der Waals surface area contributed by atoms with E-state index in [2.05, 4.69) is 10.3 Å². The fourth-order valence-electron chi connectivity index (χ4n) is 2.08. The Bertz CT molecular complexity index is 662. The molecular formula is C15H19N3O3S. The van der Waals surface area contributed by atoms with Gasteiger partial charge in [0.05, 0.1) is 5.69 Å². The summed E-state index contributed by atoms with van der Waals surface area (Å²) in [6.45, 7) is 5.59. The standard InChI is InChI=1S/C15H19N3O3S/c1-9(2)8-11(14(20)21)17-13(19)12-10(3)16-15(22-12)18-6-4-5-7-18/h4-7,9,11H,8H2,1-3H3,(H,17,19)(H,20,21). The van der Waals surface area contributed by atoms with E-state index < -0.39 is 12.0 Å². The van der Waals surface area contributed by atoms with Crippen LogP contribution in [0.25, 0.3) is 5.13 Å². The first kappa shape index (κ1) is 16.2. The number of nitrogens with zero attached hydrogens (tertiary/aromatic N) is 2. The van der Waals surface area contributed by atoms with Crippen molar-refractivity contribution in [2.45, 2.75) is 33.2 Å². The average molecular weight is 321 g/mol. The van der Waals surface area contributed by atoms with Gasteiger partial charge in [-0.25, -0.2) is 9.78 Å². The third-order valence-corrected chi connectivity index (χ3v) is 4.30. The predicted molar refractivity (Wildman–Crippen MR) is 84.5 cm³/mol. The van der Waals surface area contributed by atoms with Gasteiger partial charge in [0, 0.05) is 12.4 Å². The number of aryl methyl sites for hydroxylation is 1. The molecule has 1 unspecified atom stereocenters. The molecule has 0 fully saturated rings. The molecule has 0 aliphatic carbocycles. The highest BCUT2D eigenvalue weighted by molar-refractivity contribution is 7.16. The van der Waals surface area contributed by atoms with Crippen LogP contribution in [0.15, 0.2) is 24.5 Å². The molecule has 0 aliphatic heterocycles. The number of carbonyl (C=O) groups is 2. The SMILES string of the molecule is Cc1nc(-n2cccc2)sc1C(=O)NC(CC(C)C)C(=O)O. The largest absolute Gasteiger partial charge is 0.480 e. The molecule has 2 aromatic heterocycles. The van der Waals surface area contributed by atoms with Gasteiger partial charge in [-0.2, -0.15) is 0 Å². The summed E-state index contributed by atoms with van der Waals surface area (Å²) in [7, 11) is 0. The van der Waals surface area contributed by atoms with E-state index in [0.29, 0.717) is 22.1 Å². The Morgan fingerprint density at radius 2 is 2.00 bits per heavy atom. The number of thiazole rings is 1. The molecule has 0 radical (unpaired) electrons. The lowest BCUT2D eigenvalue weighted by molar-refractivity contribution is -0.139. The number of carboxylic acid groups (broad SMARTS) is 1. The van der Waals surface area contributed by atoms with Crippen LogP contribution in [0.3, 0.4) is 0 Å². The van der Waals surface area contributed by atoms with Crippen molar-refractivity contribution in [3.05, 3.63) is 35.1 Å². The zero-order valence-corrected chi connectivity index (χ0v) is 13.6. The third-order valence-electron chi connectivity index (χ3n) is 3.13. The minimum absolute atomic E-state index is 0.180. The van der Waals surface area contributed by atoms with Crippen molar-refractivity contribution in [3.8, 4) is 5.13 Å². The second-order valence-corrected chi connectivity index (χ2v) is 6.47. The Morgan fingerprint density at radius 1 is 1.36 bits per heavy atom. The maximum absolute atomic E-state index is 12.3. The Kier molecular flexibility index (Phi) is 4.97. The zero-order valence-electron chi connectivity index (χ0n) is 12.7. The van der Waals surface area contributed by atoms with Crippen molar-refractivity contribution >= 4 is 23.2 Å². The molecular weight excluding hydrogens is 302 g/mol. The van der Waals surface area contributed by atoms with Crippen LogP contribution < -0.4 is 5.32 Å². The number of rotatable bonds is 6. The number of carboxylic acids is 1. The quantitative estimate of drug-likeness (QED) is 0.856. The molecule has 0 aromatic carbocycles. The Labute approximate surface area is 132 Å². The molecule has 1 atom stereocenters. The summed E-state index contributed by atoms with van der Waals surface area (Å²) in [5, 5.41) is 12.5. The van der Waals surface area contributed by atoms with Gasteiger partial charge in [-0.3, -0.25) is 4.79 Å². The predicted octanol–water partition coefficient (Wildman–Crippen LogP) is 2.47. The number of hydrogen-bond acceptors (Lipinski definition) is 4. The highest BCUT2D eigenvalue weighted by atomic mass is 32.1. The van der Waals surface area contributed by atoms with Crippen molar-refractivity contribution in [1.82, 2.24) is 14.9 Å². The van der Waals surface area contributed by atoms with Gasteiger partial charge in [-0.15, -0.1) is 0 Å². The molecule has 1 amide bonds. The van der Waals surface area contributed by atoms with Gasteiger partial charge in [0.15, 0.2) is 5.13 Å². The second kappa shape index (κ2) is 6.74. The average Bonchev–Trinajstić information content (AvgIpc) is 3.05. The topological polar surface area (TPSA) is 84.2 Å². The summed E-state index contributed by atoms with van der Waals surface area (Å²) in [4.78, 5) is 28.4. The maximum atomic E-state index is 12.3. The zero-order chi connectivity index (χ0) is 16.3. The van der Waals surface area contributed by atoms with Crippen LogP contribution in [-0.2, 0) is 4.79 Å². The summed E-state index contributed by atoms with van der Waals surface area (Å²) < 4.78 is 1.82. The van der Waals surface area contributed by atoms with Crippen molar-refractivity contribution in [2.75, 3.05) is 0 Å². The van der Waals surface area contributed by atoms with Gasteiger partial charge in [0.25, 0.3) is 5.91 Å². The molecule has 6 nitrogen and oxygen atoms in total. The maximum Gasteiger partial charge on any atom is 0.326 e. The van der Waals surface area contributed by atoms with Gasteiger partial charge < -0.3 is 15.0 Å². The van der Waals surface area contributed by atoms with Crippen LogP contribution in [0.2, 0.25) is 0 Å². The summed E-state index contributed by atoms with van der Waals surface area (Å²) in [5.41, 5.74) is 0.597. The van der Waals surface area contributed by atoms with Gasteiger partial charge in [-0.05, 0) is 31.4 Å². The number of hydrogen-bond donors (Lipinski definition) is 2. The monoisotopic (exact) mass is 321 g/mol. The third kappa shape index (κ3) is 3.73. The highest BCUT2D eigenvalue weighted by Gasteiger charge is 2.24. The highest BCUT2D eigenvalue weighted by Crippen LogP contribution is 2.22. The molecule has 0 aliphatic rings. The van der Waals surface area contributed by atoms with E-state index in [1.165, 1.54) is 11.3 Å². The molecule has 7 heteroatoms. The minimum atomic E-state index is -1.02. The van der Waals surface area contributed by atoms with Gasteiger partial charge in [0.1, 0.15) is 10.9 Å². The molecule has 0 spiro atoms. The van der Waals surface area contributed by atoms with Crippen LogP contribution >= 0.6 is 11.3 Å². The summed E-state index contributed by atoms with van der Waals surface area (Å²) in [6, 6.07) is 2.86. The normalized spacial score (nSPS) is 12.4. The van der Waals surface area contributed by atoms with Crippen molar-refractivity contribution in [3.63, 3.8) is 0 Å². The lowest BCUT2D eigenvalue weighted by Gasteiger charge is -2.15. The molecule has 22 heavy (non-hydrogen) atoms. The lowest BCUT2D eigenvalue weighted by atomic mass is 10.0. The number of carbonyl (C=O) groups excluding carboxylic acids is 1. The minimum Gasteiger partial charge on any atom is -0.480 e. The fourth-order valence-corrected chi connectivity index (χ4v) is 3.02. The van der Waals surface area contributed by atoms with E-state index in [1.807, 2.05) is 42.9 Å². The molecule has 2 aromatic rings. The van der Waals surface area contributed by atoms with E-state index in [0.717, 1.165) is 0 Å². The van der Waals surface area contributed by atoms with E-state index in [1.54, 1.807) is 6.92 Å². The number of amides is 1. The first-order valence-electron chi connectivity index (χ1n) is 7.03. The van der Waals surface area contributed by atoms with Gasteiger partial charge in [-0.1, -0.05) is 25.2 Å². The van der Waals surface area contributed by atoms with Gasteiger partial charge >= 0.3 is 5.97 Å². The van der Waals surface area contributed by atoms with Crippen LogP contribution in [0, 0.1) is 12.8 Å². The van der Waals surface area contributed by atoms with Crippen LogP contribution in [0.4, 0.5) is 0 Å². The summed E-state index contributed by atoms with van der Waals surface area (Å²) in [6.07, 6.45) is 4.08. The van der Waals surface area contributed by atoms with E-state index in [-0.39, 0.29) is 11.8 Å². The Hall–Kier alpha value is -2.15. The molecule has 2 rings (SSSR count).